The molecule has 1 aliphatic heterocycles. The molecule has 0 saturated heterocycles. The molecule has 11 heteroatoms. The summed E-state index contributed by atoms with van der Waals surface area (Å²) in [5, 5.41) is 14.1. The predicted octanol–water partition coefficient (Wildman–Crippen LogP) is 4.20. The van der Waals surface area contributed by atoms with E-state index in [0.29, 0.717) is 35.1 Å². The van der Waals surface area contributed by atoms with Crippen LogP contribution in [0.15, 0.2) is 30.7 Å². The minimum Gasteiger partial charge on any atom is -0.480 e. The number of fused-ring (bicyclic) bond motifs is 2. The number of carbonyl (C=O) groups excluding carboxylic acids is 1. The Labute approximate surface area is 204 Å². The fraction of sp³-hybridized carbons (Fsp3) is 0.583. The lowest BCUT2D eigenvalue weighted by Crippen LogP contribution is -2.46. The second-order valence-electron chi connectivity index (χ2n) is 10.3. The fourth-order valence-electron chi connectivity index (χ4n) is 6.20. The average Bonchev–Trinajstić information content (AvgIpc) is 3.43. The molecule has 2 aromatic rings. The Morgan fingerprint density at radius 1 is 1.26 bits per heavy atom. The predicted molar refractivity (Wildman–Crippen MR) is 118 cm³/mol. The van der Waals surface area contributed by atoms with Crippen LogP contribution in [0, 0.1) is 5.92 Å². The van der Waals surface area contributed by atoms with Crippen molar-refractivity contribution in [2.45, 2.75) is 80.7 Å². The van der Waals surface area contributed by atoms with Crippen molar-refractivity contribution >= 4 is 17.5 Å². The van der Waals surface area contributed by atoms with E-state index in [4.69, 9.17) is 16.3 Å². The van der Waals surface area contributed by atoms with Gasteiger partial charge in [-0.15, -0.1) is 13.2 Å². The summed E-state index contributed by atoms with van der Waals surface area (Å²) in [6.07, 6.45) is -0.00743. The second kappa shape index (κ2) is 8.11. The highest BCUT2D eigenvalue weighted by molar-refractivity contribution is 6.30. The van der Waals surface area contributed by atoms with E-state index < -0.39 is 24.7 Å². The van der Waals surface area contributed by atoms with E-state index in [2.05, 4.69) is 15.0 Å². The number of alkyl halides is 3. The van der Waals surface area contributed by atoms with Crippen molar-refractivity contribution in [1.82, 2.24) is 14.9 Å². The van der Waals surface area contributed by atoms with Gasteiger partial charge >= 0.3 is 6.36 Å². The van der Waals surface area contributed by atoms with Crippen molar-refractivity contribution < 1.29 is 32.5 Å². The van der Waals surface area contributed by atoms with Crippen LogP contribution in [0.3, 0.4) is 0 Å². The molecule has 1 aromatic heterocycles. The van der Waals surface area contributed by atoms with Gasteiger partial charge in [0.1, 0.15) is 5.75 Å². The van der Waals surface area contributed by atoms with Crippen molar-refractivity contribution in [3.8, 4) is 5.75 Å². The number of imidazole rings is 1. The Balaban J connectivity index is 1.05. The van der Waals surface area contributed by atoms with E-state index in [-0.39, 0.29) is 29.8 Å². The molecule has 0 radical (unpaired) electrons. The molecule has 2 N–H and O–H groups in total. The number of rotatable bonds is 5. The number of aromatic nitrogens is 2. The zero-order chi connectivity index (χ0) is 24.5. The minimum absolute atomic E-state index is 0.00623. The molecule has 35 heavy (non-hydrogen) atoms. The van der Waals surface area contributed by atoms with Crippen LogP contribution < -0.4 is 10.1 Å². The summed E-state index contributed by atoms with van der Waals surface area (Å²) >= 11 is 6.00. The molecule has 1 unspecified atom stereocenters. The van der Waals surface area contributed by atoms with Crippen molar-refractivity contribution in [3.05, 3.63) is 47.0 Å². The molecule has 7 nitrogen and oxygen atoms in total. The second-order valence-corrected chi connectivity index (χ2v) is 10.8. The first kappa shape index (κ1) is 23.1. The lowest BCUT2D eigenvalue weighted by Gasteiger charge is -2.38. The van der Waals surface area contributed by atoms with Crippen molar-refractivity contribution in [3.63, 3.8) is 0 Å². The summed E-state index contributed by atoms with van der Waals surface area (Å²) < 4.78 is 48.9. The summed E-state index contributed by atoms with van der Waals surface area (Å²) in [4.78, 5) is 17.5. The quantitative estimate of drug-likeness (QED) is 0.628. The molecular weight excluding hydrogens is 487 g/mol. The van der Waals surface area contributed by atoms with Gasteiger partial charge in [0.25, 0.3) is 5.91 Å². The molecule has 188 valence electrons. The van der Waals surface area contributed by atoms with Gasteiger partial charge in [-0.3, -0.25) is 9.53 Å². The number of ether oxygens (including phenoxy) is 2. The number of aliphatic hydroxyl groups excluding tert-OH is 1. The molecule has 2 bridgehead atoms. The summed E-state index contributed by atoms with van der Waals surface area (Å²) in [6.45, 7) is 0. The normalized spacial score (nSPS) is 35.5. The first-order chi connectivity index (χ1) is 16.6. The van der Waals surface area contributed by atoms with Crippen LogP contribution in [0.2, 0.25) is 5.02 Å². The van der Waals surface area contributed by atoms with Crippen LogP contribution in [-0.4, -0.2) is 45.2 Å². The number of hydrogen-bond acceptors (Lipinski definition) is 5. The molecule has 7 rings (SSSR count). The van der Waals surface area contributed by atoms with Gasteiger partial charge in [0, 0.05) is 40.7 Å². The summed E-state index contributed by atoms with van der Waals surface area (Å²) in [5.74, 6) is 0.565. The molecule has 0 spiro atoms. The third-order valence-corrected chi connectivity index (χ3v) is 8.31. The highest BCUT2D eigenvalue weighted by Crippen LogP contribution is 2.59. The lowest BCUT2D eigenvalue weighted by molar-refractivity contribution is -0.353. The summed E-state index contributed by atoms with van der Waals surface area (Å²) in [6, 6.07) is 4.93. The molecule has 2 heterocycles. The van der Waals surface area contributed by atoms with Crippen molar-refractivity contribution in [1.29, 1.82) is 0 Å². The monoisotopic (exact) mass is 511 g/mol. The van der Waals surface area contributed by atoms with Gasteiger partial charge in [0.05, 0.1) is 24.2 Å². The third kappa shape index (κ3) is 4.19. The molecule has 1 aromatic carbocycles. The number of nitrogens with zero attached hydrogens (tertiary/aromatic N) is 2. The van der Waals surface area contributed by atoms with Crippen LogP contribution in [0.4, 0.5) is 13.2 Å². The van der Waals surface area contributed by atoms with Gasteiger partial charge in [-0.05, 0) is 56.2 Å². The largest absolute Gasteiger partial charge is 0.522 e. The number of benzene rings is 1. The number of halogens is 4. The number of aliphatic hydroxyl groups is 1. The summed E-state index contributed by atoms with van der Waals surface area (Å²) in [7, 11) is 0. The maximum atomic E-state index is 13.0. The highest BCUT2D eigenvalue weighted by atomic mass is 35.5. The van der Waals surface area contributed by atoms with Gasteiger partial charge < -0.3 is 19.7 Å². The van der Waals surface area contributed by atoms with Gasteiger partial charge in [-0.25, -0.2) is 4.98 Å². The zero-order valence-electron chi connectivity index (χ0n) is 18.7. The number of carbonyl (C=O) groups is 1. The van der Waals surface area contributed by atoms with Gasteiger partial charge in [-0.1, -0.05) is 11.6 Å². The molecule has 5 aliphatic rings. The first-order valence-corrected chi connectivity index (χ1v) is 12.2. The molecule has 4 saturated carbocycles. The van der Waals surface area contributed by atoms with Crippen molar-refractivity contribution in [2.75, 3.05) is 0 Å². The van der Waals surface area contributed by atoms with Crippen molar-refractivity contribution in [2.24, 2.45) is 5.92 Å². The SMILES string of the molecule is O=C(NC1CC2(c3cn(C4CC(OC(F)(F)F)C4)cn3)CC1C2)[C@H]1C[C@@H](O)c2cc(Cl)ccc2O1. The van der Waals surface area contributed by atoms with Crippen LogP contribution in [0.25, 0.3) is 0 Å². The van der Waals surface area contributed by atoms with Gasteiger partial charge in [0.15, 0.2) is 6.10 Å². The standard InChI is InChI=1S/C24H25ClF3N3O4/c25-13-1-2-19-16(3-13)18(32)6-20(34-19)22(33)30-17-9-23(7-12(17)8-23)21-10-31(11-29-21)14-4-15(5-14)35-24(26,27)28/h1-3,10-12,14-15,17-18,20,32H,4-9H2,(H,30,33)/t12?,14?,15?,17?,18-,20-,23?/m1/s1. The summed E-state index contributed by atoms with van der Waals surface area (Å²) in [5.41, 5.74) is 1.40. The topological polar surface area (TPSA) is 85.6 Å². The van der Waals surface area contributed by atoms with Crippen LogP contribution in [0.1, 0.15) is 61.9 Å². The van der Waals surface area contributed by atoms with Gasteiger partial charge in [-0.2, -0.15) is 0 Å². The Morgan fingerprint density at radius 3 is 2.77 bits per heavy atom. The van der Waals surface area contributed by atoms with E-state index in [1.165, 1.54) is 0 Å². The molecule has 1 amide bonds. The molecular formula is C24H25ClF3N3O4. The zero-order valence-corrected chi connectivity index (χ0v) is 19.4. The van der Waals surface area contributed by atoms with Crippen LogP contribution >= 0.6 is 11.6 Å². The highest BCUT2D eigenvalue weighted by Gasteiger charge is 2.58. The van der Waals surface area contributed by atoms with Crippen LogP contribution in [-0.2, 0) is 14.9 Å². The smallest absolute Gasteiger partial charge is 0.480 e. The number of hydrogen-bond donors (Lipinski definition) is 2. The fourth-order valence-corrected chi connectivity index (χ4v) is 6.38. The molecule has 4 fully saturated rings. The van der Waals surface area contributed by atoms with E-state index in [0.717, 1.165) is 25.0 Å². The lowest BCUT2D eigenvalue weighted by atomic mass is 9.68. The number of amides is 1. The van der Waals surface area contributed by atoms with Crippen LogP contribution in [0.5, 0.6) is 5.75 Å². The minimum atomic E-state index is -4.60. The van der Waals surface area contributed by atoms with E-state index in [1.54, 1.807) is 24.5 Å². The Kier molecular flexibility index (Phi) is 5.36. The van der Waals surface area contributed by atoms with E-state index >= 15 is 0 Å². The Hall–Kier alpha value is -2.30. The first-order valence-electron chi connectivity index (χ1n) is 11.8. The number of nitrogens with one attached hydrogen (secondary N) is 1. The van der Waals surface area contributed by atoms with E-state index in [9.17, 15) is 23.1 Å². The molecule has 4 aliphatic carbocycles. The van der Waals surface area contributed by atoms with E-state index in [1.807, 2.05) is 10.8 Å². The van der Waals surface area contributed by atoms with Gasteiger partial charge in [0.2, 0.25) is 0 Å². The maximum Gasteiger partial charge on any atom is 0.522 e. The maximum absolute atomic E-state index is 13.0. The third-order valence-electron chi connectivity index (χ3n) is 8.08. The average molecular weight is 512 g/mol. The molecule has 3 atom stereocenters. The Morgan fingerprint density at radius 2 is 2.03 bits per heavy atom. The Bertz CT molecular complexity index is 1140.